The molecular formula is C14H9F3N2. The number of hydrogen-bond acceptors (Lipinski definition) is 1. The van der Waals surface area contributed by atoms with E-state index in [4.69, 9.17) is 0 Å². The number of alkyl halides is 3. The number of halogens is 3. The van der Waals surface area contributed by atoms with Crippen LogP contribution in [-0.2, 0) is 6.18 Å². The van der Waals surface area contributed by atoms with Crippen LogP contribution in [0.4, 0.5) is 13.2 Å². The Bertz CT molecular complexity index is 714. The van der Waals surface area contributed by atoms with Gasteiger partial charge in [-0.15, -0.1) is 0 Å². The molecule has 1 N–H and O–H groups in total. The van der Waals surface area contributed by atoms with Gasteiger partial charge in [-0.05, 0) is 17.7 Å². The lowest BCUT2D eigenvalue weighted by Gasteiger charge is -2.04. The predicted molar refractivity (Wildman–Crippen MR) is 66.5 cm³/mol. The van der Waals surface area contributed by atoms with Crippen LogP contribution in [0.2, 0.25) is 0 Å². The highest BCUT2D eigenvalue weighted by Crippen LogP contribution is 2.31. The van der Waals surface area contributed by atoms with Crippen LogP contribution >= 0.6 is 0 Å². The number of nitrogens with zero attached hydrogens (tertiary/aromatic N) is 1. The number of benzene rings is 1. The van der Waals surface area contributed by atoms with Gasteiger partial charge in [-0.25, -0.2) is 4.98 Å². The first-order valence-electron chi connectivity index (χ1n) is 5.65. The smallest absolute Gasteiger partial charge is 0.339 e. The van der Waals surface area contributed by atoms with E-state index in [1.165, 1.54) is 0 Å². The van der Waals surface area contributed by atoms with Crippen LogP contribution in [0.15, 0.2) is 48.7 Å². The minimum Gasteiger partial charge on any atom is -0.339 e. The first-order chi connectivity index (χ1) is 9.04. The molecule has 0 aliphatic rings. The second-order valence-corrected chi connectivity index (χ2v) is 4.21. The number of aromatic amines is 1. The third-order valence-electron chi connectivity index (χ3n) is 2.88. The SMILES string of the molecule is FC(F)(F)c1cnc2[nH]c(-c3ccccc3)cc2c1. The molecular weight excluding hydrogens is 253 g/mol. The van der Waals surface area contributed by atoms with Crippen LogP contribution in [0.5, 0.6) is 0 Å². The van der Waals surface area contributed by atoms with E-state index in [-0.39, 0.29) is 0 Å². The van der Waals surface area contributed by atoms with Crippen molar-refractivity contribution >= 4 is 11.0 Å². The maximum absolute atomic E-state index is 12.6. The van der Waals surface area contributed by atoms with Crippen LogP contribution in [0.3, 0.4) is 0 Å². The summed E-state index contributed by atoms with van der Waals surface area (Å²) in [6.45, 7) is 0. The average Bonchev–Trinajstić information content (AvgIpc) is 2.81. The Morgan fingerprint density at radius 3 is 2.42 bits per heavy atom. The molecule has 0 saturated carbocycles. The molecule has 2 nitrogen and oxygen atoms in total. The lowest BCUT2D eigenvalue weighted by molar-refractivity contribution is -0.137. The number of hydrogen-bond donors (Lipinski definition) is 1. The molecule has 3 rings (SSSR count). The minimum absolute atomic E-state index is 0.451. The van der Waals surface area contributed by atoms with E-state index in [0.717, 1.165) is 23.5 Å². The second-order valence-electron chi connectivity index (χ2n) is 4.21. The Morgan fingerprint density at radius 1 is 1.00 bits per heavy atom. The Kier molecular flexibility index (Phi) is 2.55. The summed E-state index contributed by atoms with van der Waals surface area (Å²) in [5, 5.41) is 0.452. The zero-order chi connectivity index (χ0) is 13.5. The molecule has 0 saturated heterocycles. The van der Waals surface area contributed by atoms with Gasteiger partial charge in [0.1, 0.15) is 5.65 Å². The van der Waals surface area contributed by atoms with Gasteiger partial charge in [0.25, 0.3) is 0 Å². The highest BCUT2D eigenvalue weighted by molar-refractivity contribution is 5.83. The fourth-order valence-electron chi connectivity index (χ4n) is 1.94. The molecule has 0 radical (unpaired) electrons. The number of rotatable bonds is 1. The molecule has 3 aromatic rings. The van der Waals surface area contributed by atoms with Gasteiger partial charge in [0, 0.05) is 17.3 Å². The van der Waals surface area contributed by atoms with Gasteiger partial charge < -0.3 is 4.98 Å². The highest BCUT2D eigenvalue weighted by Gasteiger charge is 2.31. The van der Waals surface area contributed by atoms with Gasteiger partial charge in [0.05, 0.1) is 5.56 Å². The summed E-state index contributed by atoms with van der Waals surface area (Å²) in [5.41, 5.74) is 1.38. The van der Waals surface area contributed by atoms with Crippen LogP contribution in [-0.4, -0.2) is 9.97 Å². The molecule has 2 aromatic heterocycles. The zero-order valence-corrected chi connectivity index (χ0v) is 9.70. The largest absolute Gasteiger partial charge is 0.417 e. The van der Waals surface area contributed by atoms with Crippen molar-refractivity contribution in [1.82, 2.24) is 9.97 Å². The minimum atomic E-state index is -4.37. The van der Waals surface area contributed by atoms with Gasteiger partial charge in [0.15, 0.2) is 0 Å². The number of fused-ring (bicyclic) bond motifs is 1. The Balaban J connectivity index is 2.12. The van der Waals surface area contributed by atoms with E-state index in [1.54, 1.807) is 6.07 Å². The van der Waals surface area contributed by atoms with E-state index in [0.29, 0.717) is 11.0 Å². The summed E-state index contributed by atoms with van der Waals surface area (Å²) in [7, 11) is 0. The van der Waals surface area contributed by atoms with E-state index in [1.807, 2.05) is 30.3 Å². The summed E-state index contributed by atoms with van der Waals surface area (Å²) in [6.07, 6.45) is -3.53. The maximum Gasteiger partial charge on any atom is 0.417 e. The number of aromatic nitrogens is 2. The fourth-order valence-corrected chi connectivity index (χ4v) is 1.94. The van der Waals surface area contributed by atoms with E-state index < -0.39 is 11.7 Å². The molecule has 0 fully saturated rings. The molecule has 96 valence electrons. The lowest BCUT2D eigenvalue weighted by atomic mass is 10.1. The Hall–Kier alpha value is -2.30. The molecule has 5 heteroatoms. The lowest BCUT2D eigenvalue weighted by Crippen LogP contribution is -2.04. The van der Waals surface area contributed by atoms with Crippen LogP contribution in [0, 0.1) is 0 Å². The molecule has 0 spiro atoms. The van der Waals surface area contributed by atoms with Crippen molar-refractivity contribution in [2.24, 2.45) is 0 Å². The van der Waals surface area contributed by atoms with Crippen molar-refractivity contribution in [2.45, 2.75) is 6.18 Å². The van der Waals surface area contributed by atoms with Crippen LogP contribution in [0.1, 0.15) is 5.56 Å². The standard InChI is InChI=1S/C14H9F3N2/c15-14(16,17)11-6-10-7-12(19-13(10)18-8-11)9-4-2-1-3-5-9/h1-8H,(H,18,19). The molecule has 0 aliphatic heterocycles. The third kappa shape index (κ3) is 2.19. The quantitative estimate of drug-likeness (QED) is 0.697. The van der Waals surface area contributed by atoms with Gasteiger partial charge in [0.2, 0.25) is 0 Å². The summed E-state index contributed by atoms with van der Waals surface area (Å²) < 4.78 is 37.8. The average molecular weight is 262 g/mol. The topological polar surface area (TPSA) is 28.7 Å². The van der Waals surface area contributed by atoms with Crippen molar-refractivity contribution < 1.29 is 13.2 Å². The normalized spacial score (nSPS) is 11.9. The van der Waals surface area contributed by atoms with E-state index in [2.05, 4.69) is 9.97 Å². The van der Waals surface area contributed by atoms with Gasteiger partial charge in [-0.3, -0.25) is 0 Å². The number of pyridine rings is 1. The molecule has 0 bridgehead atoms. The van der Waals surface area contributed by atoms with Gasteiger partial charge in [-0.2, -0.15) is 13.2 Å². The summed E-state index contributed by atoms with van der Waals surface area (Å²) in [5.74, 6) is 0. The molecule has 2 heterocycles. The fraction of sp³-hybridized carbons (Fsp3) is 0.0714. The molecule has 0 unspecified atom stereocenters. The van der Waals surface area contributed by atoms with Gasteiger partial charge in [-0.1, -0.05) is 30.3 Å². The Labute approximate surface area is 106 Å². The van der Waals surface area contributed by atoms with Crippen molar-refractivity contribution in [3.8, 4) is 11.3 Å². The molecule has 0 aliphatic carbocycles. The second kappa shape index (κ2) is 4.12. The maximum atomic E-state index is 12.6. The summed E-state index contributed by atoms with van der Waals surface area (Å²) >= 11 is 0. The van der Waals surface area contributed by atoms with E-state index in [9.17, 15) is 13.2 Å². The molecule has 0 amide bonds. The third-order valence-corrected chi connectivity index (χ3v) is 2.88. The molecule has 1 aromatic carbocycles. The number of H-pyrrole nitrogens is 1. The first kappa shape index (κ1) is 11.8. The van der Waals surface area contributed by atoms with Crippen LogP contribution in [0.25, 0.3) is 22.3 Å². The first-order valence-corrected chi connectivity index (χ1v) is 5.65. The zero-order valence-electron chi connectivity index (χ0n) is 9.70. The van der Waals surface area contributed by atoms with Crippen molar-refractivity contribution in [2.75, 3.05) is 0 Å². The predicted octanol–water partition coefficient (Wildman–Crippen LogP) is 4.25. The van der Waals surface area contributed by atoms with Crippen molar-refractivity contribution in [3.05, 3.63) is 54.2 Å². The van der Waals surface area contributed by atoms with Gasteiger partial charge >= 0.3 is 6.18 Å². The highest BCUT2D eigenvalue weighted by atomic mass is 19.4. The molecule has 0 atom stereocenters. The molecule has 19 heavy (non-hydrogen) atoms. The van der Waals surface area contributed by atoms with Crippen LogP contribution < -0.4 is 0 Å². The van der Waals surface area contributed by atoms with E-state index >= 15 is 0 Å². The van der Waals surface area contributed by atoms with Crippen molar-refractivity contribution in [3.63, 3.8) is 0 Å². The summed E-state index contributed by atoms with van der Waals surface area (Å²) in [6, 6.07) is 12.2. The number of nitrogens with one attached hydrogen (secondary N) is 1. The summed E-state index contributed by atoms with van der Waals surface area (Å²) in [4.78, 5) is 6.83. The van der Waals surface area contributed by atoms with Crippen molar-refractivity contribution in [1.29, 1.82) is 0 Å². The Morgan fingerprint density at radius 2 is 1.74 bits per heavy atom. The monoisotopic (exact) mass is 262 g/mol.